The van der Waals surface area contributed by atoms with Crippen molar-refractivity contribution in [1.82, 2.24) is 9.78 Å². The molecule has 0 radical (unpaired) electrons. The lowest BCUT2D eigenvalue weighted by atomic mass is 9.89. The number of aliphatic carboxylic acids is 1. The molecule has 2 rings (SSSR count). The van der Waals surface area contributed by atoms with Crippen molar-refractivity contribution < 1.29 is 14.6 Å². The predicted octanol–water partition coefficient (Wildman–Crippen LogP) is 3.28. The van der Waals surface area contributed by atoms with Crippen LogP contribution in [0.5, 0.6) is 0 Å². The second-order valence-corrected chi connectivity index (χ2v) is 6.40. The van der Waals surface area contributed by atoms with Gasteiger partial charge in [-0.25, -0.2) is 0 Å². The number of rotatable bonds is 8. The van der Waals surface area contributed by atoms with Gasteiger partial charge in [0.2, 0.25) is 0 Å². The SMILES string of the molecule is COCCCn1nc(C)c2ccc(CC(C(=O)O)C(C)C)cc21. The molecule has 23 heavy (non-hydrogen) atoms. The Morgan fingerprint density at radius 3 is 2.74 bits per heavy atom. The fourth-order valence-electron chi connectivity index (χ4n) is 2.90. The number of benzene rings is 1. The van der Waals surface area contributed by atoms with Gasteiger partial charge in [-0.3, -0.25) is 9.48 Å². The van der Waals surface area contributed by atoms with Gasteiger partial charge in [-0.05, 0) is 37.3 Å². The average molecular weight is 318 g/mol. The van der Waals surface area contributed by atoms with E-state index in [4.69, 9.17) is 4.74 Å². The molecule has 0 spiro atoms. The summed E-state index contributed by atoms with van der Waals surface area (Å²) in [6, 6.07) is 6.16. The van der Waals surface area contributed by atoms with Crippen LogP contribution in [0.2, 0.25) is 0 Å². The molecule has 2 aromatic rings. The molecule has 0 amide bonds. The first kappa shape index (κ1) is 17.5. The third-order valence-electron chi connectivity index (χ3n) is 4.30. The smallest absolute Gasteiger partial charge is 0.307 e. The predicted molar refractivity (Wildman–Crippen MR) is 90.6 cm³/mol. The van der Waals surface area contributed by atoms with Crippen LogP contribution in [0.15, 0.2) is 18.2 Å². The Hall–Kier alpha value is -1.88. The van der Waals surface area contributed by atoms with Gasteiger partial charge in [0.25, 0.3) is 0 Å². The van der Waals surface area contributed by atoms with Gasteiger partial charge in [-0.1, -0.05) is 26.0 Å². The Kier molecular flexibility index (Phi) is 5.77. The molecule has 0 bridgehead atoms. The topological polar surface area (TPSA) is 64.4 Å². The van der Waals surface area contributed by atoms with E-state index in [9.17, 15) is 9.90 Å². The summed E-state index contributed by atoms with van der Waals surface area (Å²) in [5, 5.41) is 15.1. The third-order valence-corrected chi connectivity index (χ3v) is 4.30. The van der Waals surface area contributed by atoms with Gasteiger partial charge in [-0.15, -0.1) is 0 Å². The zero-order chi connectivity index (χ0) is 17.0. The van der Waals surface area contributed by atoms with E-state index in [-0.39, 0.29) is 11.8 Å². The molecule has 0 saturated heterocycles. The van der Waals surface area contributed by atoms with Crippen molar-refractivity contribution in [2.24, 2.45) is 11.8 Å². The molecule has 1 aromatic carbocycles. The van der Waals surface area contributed by atoms with Crippen molar-refractivity contribution >= 4 is 16.9 Å². The summed E-state index contributed by atoms with van der Waals surface area (Å²) >= 11 is 0. The normalized spacial score (nSPS) is 12.9. The van der Waals surface area contributed by atoms with Crippen molar-refractivity contribution in [2.45, 2.75) is 40.2 Å². The van der Waals surface area contributed by atoms with Crippen LogP contribution in [0.3, 0.4) is 0 Å². The number of aryl methyl sites for hydroxylation is 2. The number of carbonyl (C=O) groups is 1. The van der Waals surface area contributed by atoms with Crippen LogP contribution in [0.1, 0.15) is 31.5 Å². The molecule has 1 aromatic heterocycles. The van der Waals surface area contributed by atoms with E-state index in [1.807, 2.05) is 31.5 Å². The first-order valence-electron chi connectivity index (χ1n) is 8.11. The lowest BCUT2D eigenvalue weighted by Crippen LogP contribution is -2.22. The Balaban J connectivity index is 2.29. The number of aromatic nitrogens is 2. The quantitative estimate of drug-likeness (QED) is 0.759. The fraction of sp³-hybridized carbons (Fsp3) is 0.556. The monoisotopic (exact) mass is 318 g/mol. The highest BCUT2D eigenvalue weighted by Crippen LogP contribution is 2.24. The van der Waals surface area contributed by atoms with Crippen molar-refractivity contribution in [3.05, 3.63) is 29.5 Å². The number of hydrogen-bond acceptors (Lipinski definition) is 3. The number of hydrogen-bond donors (Lipinski definition) is 1. The molecule has 126 valence electrons. The first-order valence-corrected chi connectivity index (χ1v) is 8.11. The number of ether oxygens (including phenoxy) is 1. The minimum absolute atomic E-state index is 0.108. The summed E-state index contributed by atoms with van der Waals surface area (Å²) in [6.07, 6.45) is 1.45. The summed E-state index contributed by atoms with van der Waals surface area (Å²) in [5.74, 6) is -0.986. The fourth-order valence-corrected chi connectivity index (χ4v) is 2.90. The van der Waals surface area contributed by atoms with E-state index in [0.29, 0.717) is 13.0 Å². The summed E-state index contributed by atoms with van der Waals surface area (Å²) in [6.45, 7) is 7.42. The van der Waals surface area contributed by atoms with Crippen LogP contribution in [-0.4, -0.2) is 34.6 Å². The number of carboxylic acid groups (broad SMARTS) is 1. The van der Waals surface area contributed by atoms with Gasteiger partial charge in [0.05, 0.1) is 17.1 Å². The van der Waals surface area contributed by atoms with Gasteiger partial charge >= 0.3 is 5.97 Å². The molecule has 0 aliphatic rings. The van der Waals surface area contributed by atoms with E-state index in [0.717, 1.165) is 35.1 Å². The lowest BCUT2D eigenvalue weighted by molar-refractivity contribution is -0.143. The zero-order valence-corrected chi connectivity index (χ0v) is 14.4. The van der Waals surface area contributed by atoms with Crippen LogP contribution in [0.4, 0.5) is 0 Å². The molecule has 1 unspecified atom stereocenters. The highest BCUT2D eigenvalue weighted by atomic mass is 16.5. The maximum Gasteiger partial charge on any atom is 0.307 e. The highest BCUT2D eigenvalue weighted by molar-refractivity contribution is 5.82. The van der Waals surface area contributed by atoms with Gasteiger partial charge in [0.15, 0.2) is 0 Å². The van der Waals surface area contributed by atoms with E-state index in [1.54, 1.807) is 7.11 Å². The maximum absolute atomic E-state index is 11.4. The molecule has 0 fully saturated rings. The Morgan fingerprint density at radius 2 is 2.13 bits per heavy atom. The maximum atomic E-state index is 11.4. The van der Waals surface area contributed by atoms with Crippen LogP contribution >= 0.6 is 0 Å². The van der Waals surface area contributed by atoms with E-state index >= 15 is 0 Å². The summed E-state index contributed by atoms with van der Waals surface area (Å²) in [5.41, 5.74) is 3.12. The van der Waals surface area contributed by atoms with Crippen LogP contribution in [0.25, 0.3) is 10.9 Å². The molecular weight excluding hydrogens is 292 g/mol. The van der Waals surface area contributed by atoms with E-state index < -0.39 is 5.97 Å². The molecule has 0 aliphatic carbocycles. The molecule has 5 heteroatoms. The Bertz CT molecular complexity index is 676. The van der Waals surface area contributed by atoms with Crippen molar-refractivity contribution in [1.29, 1.82) is 0 Å². The number of fused-ring (bicyclic) bond motifs is 1. The molecule has 0 aliphatic heterocycles. The van der Waals surface area contributed by atoms with Crippen molar-refractivity contribution in [3.8, 4) is 0 Å². The molecule has 1 N–H and O–H groups in total. The molecule has 1 atom stereocenters. The van der Waals surface area contributed by atoms with Gasteiger partial charge in [0.1, 0.15) is 0 Å². The van der Waals surface area contributed by atoms with E-state index in [1.165, 1.54) is 0 Å². The zero-order valence-electron chi connectivity index (χ0n) is 14.4. The van der Waals surface area contributed by atoms with Crippen molar-refractivity contribution in [3.63, 3.8) is 0 Å². The summed E-state index contributed by atoms with van der Waals surface area (Å²) in [4.78, 5) is 11.4. The second-order valence-electron chi connectivity index (χ2n) is 6.40. The first-order chi connectivity index (χ1) is 10.9. The largest absolute Gasteiger partial charge is 0.481 e. The minimum atomic E-state index is -0.732. The second kappa shape index (κ2) is 7.59. The van der Waals surface area contributed by atoms with Crippen LogP contribution in [0, 0.1) is 18.8 Å². The average Bonchev–Trinajstić information content (AvgIpc) is 2.80. The Morgan fingerprint density at radius 1 is 1.39 bits per heavy atom. The van der Waals surface area contributed by atoms with Gasteiger partial charge in [-0.2, -0.15) is 5.10 Å². The number of nitrogens with zero attached hydrogens (tertiary/aromatic N) is 2. The van der Waals surface area contributed by atoms with Crippen LogP contribution in [-0.2, 0) is 22.5 Å². The molecule has 5 nitrogen and oxygen atoms in total. The summed E-state index contributed by atoms with van der Waals surface area (Å²) < 4.78 is 7.10. The Labute approximate surface area is 137 Å². The van der Waals surface area contributed by atoms with E-state index in [2.05, 4.69) is 17.2 Å². The van der Waals surface area contributed by atoms with Gasteiger partial charge < -0.3 is 9.84 Å². The van der Waals surface area contributed by atoms with Crippen LogP contribution < -0.4 is 0 Å². The lowest BCUT2D eigenvalue weighted by Gasteiger charge is -2.16. The number of carboxylic acids is 1. The third kappa shape index (κ3) is 4.10. The summed E-state index contributed by atoms with van der Waals surface area (Å²) in [7, 11) is 1.70. The van der Waals surface area contributed by atoms with Gasteiger partial charge in [0, 0.05) is 25.6 Å². The standard InChI is InChI=1S/C18H26N2O3/c1-12(2)16(18(21)22)10-14-6-7-15-13(3)19-20(17(15)11-14)8-5-9-23-4/h6-7,11-12,16H,5,8-10H2,1-4H3,(H,21,22). The van der Waals surface area contributed by atoms with Crippen molar-refractivity contribution in [2.75, 3.05) is 13.7 Å². The highest BCUT2D eigenvalue weighted by Gasteiger charge is 2.22. The molecule has 1 heterocycles. The molecule has 0 saturated carbocycles. The minimum Gasteiger partial charge on any atom is -0.481 e. The molecular formula is C18H26N2O3. The number of methoxy groups -OCH3 is 1.